The number of aliphatic hydroxyl groups excluding tert-OH is 2. The predicted octanol–water partition coefficient (Wildman–Crippen LogP) is 1.87. The number of aliphatic hydroxyl groups is 2. The van der Waals surface area contributed by atoms with Crippen molar-refractivity contribution >= 4 is 5.71 Å². The van der Waals surface area contributed by atoms with E-state index in [0.29, 0.717) is 11.3 Å². The minimum Gasteiger partial charge on any atom is -0.394 e. The van der Waals surface area contributed by atoms with Crippen molar-refractivity contribution in [2.24, 2.45) is 28.2 Å². The van der Waals surface area contributed by atoms with Crippen LogP contribution in [0.2, 0.25) is 0 Å². The molecule has 0 heterocycles. The summed E-state index contributed by atoms with van der Waals surface area (Å²) in [7, 11) is 0. The summed E-state index contributed by atoms with van der Waals surface area (Å²) in [5, 5.41) is 18.3. The van der Waals surface area contributed by atoms with Gasteiger partial charge >= 0.3 is 0 Å². The van der Waals surface area contributed by atoms with Gasteiger partial charge in [-0.3, -0.25) is 4.99 Å². The van der Waals surface area contributed by atoms with Crippen molar-refractivity contribution in [2.45, 2.75) is 46.1 Å². The smallest absolute Gasteiger partial charge is 0.0959 e. The maximum Gasteiger partial charge on any atom is 0.0959 e. The second kappa shape index (κ2) is 4.69. The normalized spacial score (nSPS) is 37.3. The van der Waals surface area contributed by atoms with E-state index in [1.54, 1.807) is 0 Å². The molecule has 98 valence electrons. The second-order valence-corrected chi connectivity index (χ2v) is 6.24. The van der Waals surface area contributed by atoms with Gasteiger partial charge in [-0.25, -0.2) is 0 Å². The topological polar surface area (TPSA) is 52.8 Å². The van der Waals surface area contributed by atoms with Gasteiger partial charge in [-0.1, -0.05) is 27.2 Å². The molecule has 3 heteroatoms. The number of aliphatic imine (C=N–C) groups is 1. The third-order valence-corrected chi connectivity index (χ3v) is 5.02. The van der Waals surface area contributed by atoms with Crippen molar-refractivity contribution < 1.29 is 10.2 Å². The first-order valence-corrected chi connectivity index (χ1v) is 6.82. The van der Waals surface area contributed by atoms with E-state index in [0.717, 1.165) is 18.3 Å². The van der Waals surface area contributed by atoms with Crippen LogP contribution in [-0.4, -0.2) is 35.2 Å². The fourth-order valence-electron chi connectivity index (χ4n) is 4.00. The molecule has 2 aliphatic carbocycles. The Morgan fingerprint density at radius 1 is 1.35 bits per heavy atom. The Kier molecular flexibility index (Phi) is 3.60. The van der Waals surface area contributed by atoms with Gasteiger partial charge in [-0.2, -0.15) is 0 Å². The van der Waals surface area contributed by atoms with Gasteiger partial charge in [0.25, 0.3) is 0 Å². The summed E-state index contributed by atoms with van der Waals surface area (Å²) in [5.74, 6) is 2.06. The Hall–Kier alpha value is -0.410. The van der Waals surface area contributed by atoms with Gasteiger partial charge in [0.05, 0.1) is 19.3 Å². The largest absolute Gasteiger partial charge is 0.394 e. The zero-order chi connectivity index (χ0) is 12.6. The lowest BCUT2D eigenvalue weighted by Gasteiger charge is -2.27. The molecule has 2 saturated carbocycles. The summed E-state index contributed by atoms with van der Waals surface area (Å²) >= 11 is 0. The monoisotopic (exact) mass is 239 g/mol. The van der Waals surface area contributed by atoms with E-state index in [9.17, 15) is 0 Å². The van der Waals surface area contributed by atoms with Gasteiger partial charge in [0.2, 0.25) is 0 Å². The lowest BCUT2D eigenvalue weighted by atomic mass is 9.78. The second-order valence-electron chi connectivity index (χ2n) is 6.24. The fourth-order valence-corrected chi connectivity index (χ4v) is 4.00. The first-order valence-electron chi connectivity index (χ1n) is 6.82. The Bertz CT molecular complexity index is 307. The van der Waals surface area contributed by atoms with Crippen LogP contribution in [0.15, 0.2) is 4.99 Å². The Morgan fingerprint density at radius 3 is 2.47 bits per heavy atom. The molecule has 3 atom stereocenters. The molecule has 2 fully saturated rings. The van der Waals surface area contributed by atoms with E-state index in [-0.39, 0.29) is 19.3 Å². The quantitative estimate of drug-likeness (QED) is 0.787. The van der Waals surface area contributed by atoms with E-state index >= 15 is 0 Å². The van der Waals surface area contributed by atoms with Crippen LogP contribution >= 0.6 is 0 Å². The highest BCUT2D eigenvalue weighted by atomic mass is 16.3. The van der Waals surface area contributed by atoms with Crippen LogP contribution < -0.4 is 0 Å². The van der Waals surface area contributed by atoms with Crippen LogP contribution in [0.4, 0.5) is 0 Å². The van der Waals surface area contributed by atoms with Crippen LogP contribution in [0.5, 0.6) is 0 Å². The first kappa shape index (κ1) is 13.0. The summed E-state index contributed by atoms with van der Waals surface area (Å²) in [6, 6.07) is -0.308. The van der Waals surface area contributed by atoms with Crippen molar-refractivity contribution in [2.75, 3.05) is 13.2 Å². The predicted molar refractivity (Wildman–Crippen MR) is 69.2 cm³/mol. The molecule has 0 aromatic heterocycles. The molecule has 0 saturated heterocycles. The van der Waals surface area contributed by atoms with Gasteiger partial charge in [0.1, 0.15) is 0 Å². The maximum atomic E-state index is 9.14. The van der Waals surface area contributed by atoms with Crippen LogP contribution in [0, 0.1) is 23.2 Å². The third-order valence-electron chi connectivity index (χ3n) is 5.02. The first-order chi connectivity index (χ1) is 8.04. The van der Waals surface area contributed by atoms with Crippen molar-refractivity contribution in [3.8, 4) is 0 Å². The standard InChI is InChI=1S/C14H25NO2/c1-4-9-5-10-6-12(13(9)14(10,2)3)15-11(7-16)8-17/h9-11,13,16-17H,4-8H2,1-3H3/b15-12+. The van der Waals surface area contributed by atoms with E-state index in [4.69, 9.17) is 10.2 Å². The minimum absolute atomic E-state index is 0.0470. The summed E-state index contributed by atoms with van der Waals surface area (Å²) in [6.07, 6.45) is 3.62. The number of rotatable bonds is 4. The van der Waals surface area contributed by atoms with E-state index in [2.05, 4.69) is 25.8 Å². The third kappa shape index (κ3) is 2.04. The summed E-state index contributed by atoms with van der Waals surface area (Å²) in [4.78, 5) is 4.61. The Morgan fingerprint density at radius 2 is 2.00 bits per heavy atom. The highest BCUT2D eigenvalue weighted by molar-refractivity contribution is 5.91. The minimum atomic E-state index is -0.308. The Balaban J connectivity index is 2.22. The molecule has 2 N–H and O–H groups in total. The molecule has 2 rings (SSSR count). The lowest BCUT2D eigenvalue weighted by Crippen LogP contribution is -2.28. The van der Waals surface area contributed by atoms with Crippen molar-refractivity contribution in [1.82, 2.24) is 0 Å². The fraction of sp³-hybridized carbons (Fsp3) is 0.929. The zero-order valence-corrected chi connectivity index (χ0v) is 11.2. The molecule has 0 aromatic rings. The van der Waals surface area contributed by atoms with Crippen LogP contribution in [0.3, 0.4) is 0 Å². The maximum absolute atomic E-state index is 9.14. The highest BCUT2D eigenvalue weighted by Gasteiger charge is 2.55. The number of fused-ring (bicyclic) bond motifs is 2. The van der Waals surface area contributed by atoms with Crippen molar-refractivity contribution in [1.29, 1.82) is 0 Å². The van der Waals surface area contributed by atoms with Crippen LogP contribution in [0.1, 0.15) is 40.0 Å². The highest BCUT2D eigenvalue weighted by Crippen LogP contribution is 2.59. The summed E-state index contributed by atoms with van der Waals surface area (Å²) < 4.78 is 0. The number of hydrogen-bond donors (Lipinski definition) is 2. The van der Waals surface area contributed by atoms with E-state index in [1.807, 2.05) is 0 Å². The number of hydrogen-bond acceptors (Lipinski definition) is 3. The molecule has 17 heavy (non-hydrogen) atoms. The van der Waals surface area contributed by atoms with Crippen molar-refractivity contribution in [3.05, 3.63) is 0 Å². The van der Waals surface area contributed by atoms with Gasteiger partial charge in [-0.15, -0.1) is 0 Å². The molecule has 0 amide bonds. The molecule has 3 nitrogen and oxygen atoms in total. The van der Waals surface area contributed by atoms with Crippen LogP contribution in [0.25, 0.3) is 0 Å². The SMILES string of the molecule is CCC1CC2C/C(=N\C(CO)CO)C1C2(C)C. The summed E-state index contributed by atoms with van der Waals surface area (Å²) in [5.41, 5.74) is 1.61. The average Bonchev–Trinajstić information content (AvgIpc) is 2.71. The van der Waals surface area contributed by atoms with E-state index < -0.39 is 0 Å². The van der Waals surface area contributed by atoms with Gasteiger partial charge in [0.15, 0.2) is 0 Å². The lowest BCUT2D eigenvalue weighted by molar-refractivity contribution is 0.194. The zero-order valence-electron chi connectivity index (χ0n) is 11.2. The molecule has 2 aliphatic rings. The molecule has 0 aliphatic heterocycles. The van der Waals surface area contributed by atoms with E-state index in [1.165, 1.54) is 18.6 Å². The molecule has 0 radical (unpaired) electrons. The van der Waals surface area contributed by atoms with Crippen molar-refractivity contribution in [3.63, 3.8) is 0 Å². The summed E-state index contributed by atoms with van der Waals surface area (Å²) in [6.45, 7) is 6.87. The average molecular weight is 239 g/mol. The molecule has 3 unspecified atom stereocenters. The molecule has 0 aromatic carbocycles. The Labute approximate surface area is 104 Å². The molecular weight excluding hydrogens is 214 g/mol. The molecule has 2 bridgehead atoms. The molecular formula is C14H25NO2. The number of nitrogens with zero attached hydrogens (tertiary/aromatic N) is 1. The van der Waals surface area contributed by atoms with Gasteiger partial charge < -0.3 is 10.2 Å². The molecule has 0 spiro atoms. The van der Waals surface area contributed by atoms with Gasteiger partial charge in [-0.05, 0) is 30.1 Å². The van der Waals surface area contributed by atoms with Gasteiger partial charge in [0, 0.05) is 11.6 Å². The van der Waals surface area contributed by atoms with Crippen LogP contribution in [-0.2, 0) is 0 Å².